The minimum atomic E-state index is -3.63. The van der Waals surface area contributed by atoms with Gasteiger partial charge in [0.15, 0.2) is 16.8 Å². The number of aromatic nitrogens is 3. The molecule has 0 fully saturated rings. The minimum absolute atomic E-state index is 0.0312. The minimum Gasteiger partial charge on any atom is -0.298 e. The van der Waals surface area contributed by atoms with Gasteiger partial charge in [-0.1, -0.05) is 74.1 Å². The standard InChI is InChI=1S/C30H34N4O3S2/c1-6-33(7-2)39(36,37)26-15-11-14-25(18-26)29-31-32-30(34(29)19-24-12-9-8-10-13-24)38-20-28(35)27-17-22(4)21(3)16-23(27)5/h8-18H,6-7,19-20H2,1-5H3. The van der Waals surface area contributed by atoms with Crippen molar-refractivity contribution < 1.29 is 13.2 Å². The molecule has 1 aromatic heterocycles. The molecule has 4 rings (SSSR count). The van der Waals surface area contributed by atoms with E-state index in [1.54, 1.807) is 18.2 Å². The van der Waals surface area contributed by atoms with Crippen molar-refractivity contribution in [2.24, 2.45) is 0 Å². The van der Waals surface area contributed by atoms with Gasteiger partial charge in [-0.05, 0) is 61.2 Å². The van der Waals surface area contributed by atoms with Gasteiger partial charge in [0, 0.05) is 24.2 Å². The van der Waals surface area contributed by atoms with Crippen LogP contribution in [-0.2, 0) is 16.6 Å². The monoisotopic (exact) mass is 562 g/mol. The largest absolute Gasteiger partial charge is 0.298 e. The molecule has 0 N–H and O–H groups in total. The quantitative estimate of drug-likeness (QED) is 0.167. The average molecular weight is 563 g/mol. The van der Waals surface area contributed by atoms with E-state index in [0.29, 0.717) is 41.7 Å². The van der Waals surface area contributed by atoms with E-state index in [0.717, 1.165) is 22.3 Å². The first-order valence-electron chi connectivity index (χ1n) is 13.0. The lowest BCUT2D eigenvalue weighted by molar-refractivity contribution is 0.102. The maximum atomic E-state index is 13.2. The summed E-state index contributed by atoms with van der Waals surface area (Å²) in [6.45, 7) is 10.9. The topological polar surface area (TPSA) is 85.2 Å². The summed E-state index contributed by atoms with van der Waals surface area (Å²) < 4.78 is 29.8. The number of ketones is 1. The van der Waals surface area contributed by atoms with Crippen molar-refractivity contribution in [1.82, 2.24) is 19.1 Å². The number of hydrogen-bond acceptors (Lipinski definition) is 6. The Kier molecular flexibility index (Phi) is 9.04. The molecule has 9 heteroatoms. The Hall–Kier alpha value is -3.27. The first-order valence-corrected chi connectivity index (χ1v) is 15.4. The van der Waals surface area contributed by atoms with Crippen LogP contribution in [-0.4, -0.2) is 52.1 Å². The molecule has 1 heterocycles. The molecule has 0 unspecified atom stereocenters. The van der Waals surface area contributed by atoms with Gasteiger partial charge >= 0.3 is 0 Å². The number of carbonyl (C=O) groups is 1. The van der Waals surface area contributed by atoms with Gasteiger partial charge in [-0.15, -0.1) is 10.2 Å². The summed E-state index contributed by atoms with van der Waals surface area (Å²) in [6.07, 6.45) is 0. The van der Waals surface area contributed by atoms with Crippen LogP contribution >= 0.6 is 11.8 Å². The number of benzene rings is 3. The van der Waals surface area contributed by atoms with E-state index < -0.39 is 10.0 Å². The second-order valence-electron chi connectivity index (χ2n) is 9.46. The number of rotatable bonds is 11. The van der Waals surface area contributed by atoms with Crippen molar-refractivity contribution >= 4 is 27.6 Å². The predicted molar refractivity (Wildman–Crippen MR) is 157 cm³/mol. The second-order valence-corrected chi connectivity index (χ2v) is 12.3. The van der Waals surface area contributed by atoms with Crippen LogP contribution in [0.5, 0.6) is 0 Å². The van der Waals surface area contributed by atoms with E-state index >= 15 is 0 Å². The number of hydrogen-bond donors (Lipinski definition) is 0. The third-order valence-electron chi connectivity index (χ3n) is 6.81. The van der Waals surface area contributed by atoms with Crippen LogP contribution in [0.2, 0.25) is 0 Å². The highest BCUT2D eigenvalue weighted by atomic mass is 32.2. The molecule has 0 amide bonds. The zero-order chi connectivity index (χ0) is 28.2. The average Bonchev–Trinajstić information content (AvgIpc) is 3.32. The first kappa shape index (κ1) is 28.7. The Balaban J connectivity index is 1.69. The van der Waals surface area contributed by atoms with Gasteiger partial charge in [0.25, 0.3) is 0 Å². The highest BCUT2D eigenvalue weighted by molar-refractivity contribution is 7.99. The second kappa shape index (κ2) is 12.3. The molecule has 204 valence electrons. The normalized spacial score (nSPS) is 11.7. The van der Waals surface area contributed by atoms with Crippen LogP contribution in [0.1, 0.15) is 46.5 Å². The van der Waals surface area contributed by atoms with Crippen molar-refractivity contribution in [3.63, 3.8) is 0 Å². The fourth-order valence-electron chi connectivity index (χ4n) is 4.49. The SMILES string of the molecule is CCN(CC)S(=O)(=O)c1cccc(-c2nnc(SCC(=O)c3cc(C)c(C)cc3C)n2Cc2ccccc2)c1. The van der Waals surface area contributed by atoms with Crippen LogP contribution in [0.25, 0.3) is 11.4 Å². The smallest absolute Gasteiger partial charge is 0.243 e. The maximum absolute atomic E-state index is 13.2. The lowest BCUT2D eigenvalue weighted by Crippen LogP contribution is -2.30. The third-order valence-corrected chi connectivity index (χ3v) is 9.82. The first-order chi connectivity index (χ1) is 18.6. The molecular weight excluding hydrogens is 528 g/mol. The van der Waals surface area contributed by atoms with Crippen molar-refractivity contribution in [3.8, 4) is 11.4 Å². The molecule has 0 aliphatic heterocycles. The predicted octanol–water partition coefficient (Wildman–Crippen LogP) is 5.92. The summed E-state index contributed by atoms with van der Waals surface area (Å²) in [5.74, 6) is 0.795. The van der Waals surface area contributed by atoms with Gasteiger partial charge in [0.05, 0.1) is 17.2 Å². The Labute approximate surface area is 235 Å². The van der Waals surface area contributed by atoms with Crippen LogP contribution in [0.15, 0.2) is 76.8 Å². The van der Waals surface area contributed by atoms with Crippen LogP contribution in [0, 0.1) is 20.8 Å². The Morgan fingerprint density at radius 2 is 1.56 bits per heavy atom. The number of aryl methyl sites for hydroxylation is 3. The molecule has 0 aliphatic carbocycles. The highest BCUT2D eigenvalue weighted by Gasteiger charge is 2.24. The van der Waals surface area contributed by atoms with E-state index in [2.05, 4.69) is 10.2 Å². The van der Waals surface area contributed by atoms with E-state index in [1.807, 2.05) is 87.7 Å². The summed E-state index contributed by atoms with van der Waals surface area (Å²) in [5, 5.41) is 9.49. The van der Waals surface area contributed by atoms with Gasteiger partial charge in [-0.25, -0.2) is 8.42 Å². The van der Waals surface area contributed by atoms with Crippen LogP contribution in [0.3, 0.4) is 0 Å². The van der Waals surface area contributed by atoms with Gasteiger partial charge < -0.3 is 0 Å². The summed E-state index contributed by atoms with van der Waals surface area (Å²) >= 11 is 1.34. The maximum Gasteiger partial charge on any atom is 0.243 e. The number of carbonyl (C=O) groups excluding carboxylic acids is 1. The van der Waals surface area contributed by atoms with Gasteiger partial charge in [-0.3, -0.25) is 9.36 Å². The molecule has 4 aromatic rings. The number of sulfonamides is 1. The van der Waals surface area contributed by atoms with Gasteiger partial charge in [-0.2, -0.15) is 4.31 Å². The van der Waals surface area contributed by atoms with Gasteiger partial charge in [0.2, 0.25) is 10.0 Å². The Morgan fingerprint density at radius 1 is 0.872 bits per heavy atom. The van der Waals surface area contributed by atoms with E-state index in [9.17, 15) is 13.2 Å². The molecule has 3 aromatic carbocycles. The number of nitrogens with zero attached hydrogens (tertiary/aromatic N) is 4. The molecule has 0 bridgehead atoms. The van der Waals surface area contributed by atoms with Crippen molar-refractivity contribution in [1.29, 1.82) is 0 Å². The summed E-state index contributed by atoms with van der Waals surface area (Å²) in [6, 6.07) is 20.7. The lowest BCUT2D eigenvalue weighted by atomic mass is 9.99. The lowest BCUT2D eigenvalue weighted by Gasteiger charge is -2.19. The number of thioether (sulfide) groups is 1. The van der Waals surface area contributed by atoms with Crippen LogP contribution in [0.4, 0.5) is 0 Å². The fourth-order valence-corrected chi connectivity index (χ4v) is 6.82. The summed E-state index contributed by atoms with van der Waals surface area (Å²) in [7, 11) is -3.63. The van der Waals surface area contributed by atoms with Crippen LogP contribution < -0.4 is 0 Å². The molecule has 0 saturated heterocycles. The van der Waals surface area contributed by atoms with E-state index in [1.165, 1.54) is 16.1 Å². The summed E-state index contributed by atoms with van der Waals surface area (Å²) in [5.41, 5.74) is 5.62. The Morgan fingerprint density at radius 3 is 2.26 bits per heavy atom. The van der Waals surface area contributed by atoms with E-state index in [-0.39, 0.29) is 16.4 Å². The molecule has 0 atom stereocenters. The number of Topliss-reactive ketones (excluding diaryl/α,β-unsaturated/α-hetero) is 1. The molecule has 0 saturated carbocycles. The Bertz CT molecular complexity index is 1580. The van der Waals surface area contributed by atoms with Crippen molar-refractivity contribution in [3.05, 3.63) is 94.5 Å². The van der Waals surface area contributed by atoms with Crippen molar-refractivity contribution in [2.45, 2.75) is 51.2 Å². The third kappa shape index (κ3) is 6.32. The molecule has 0 spiro atoms. The molecular formula is C30H34N4O3S2. The molecule has 7 nitrogen and oxygen atoms in total. The van der Waals surface area contributed by atoms with Gasteiger partial charge in [0.1, 0.15) is 0 Å². The molecule has 39 heavy (non-hydrogen) atoms. The summed E-state index contributed by atoms with van der Waals surface area (Å²) in [4.78, 5) is 13.4. The van der Waals surface area contributed by atoms with E-state index in [4.69, 9.17) is 0 Å². The molecule has 0 radical (unpaired) electrons. The molecule has 0 aliphatic rings. The highest BCUT2D eigenvalue weighted by Crippen LogP contribution is 2.29. The fraction of sp³-hybridized carbons (Fsp3) is 0.300. The van der Waals surface area contributed by atoms with Crippen molar-refractivity contribution in [2.75, 3.05) is 18.8 Å². The zero-order valence-corrected chi connectivity index (χ0v) is 24.6. The zero-order valence-electron chi connectivity index (χ0n) is 23.0.